The number of halogens is 2. The summed E-state index contributed by atoms with van der Waals surface area (Å²) in [5, 5.41) is 10.8. The molecule has 6 nitrogen and oxygen atoms in total. The largest absolute Gasteiger partial charge is 0.493 e. The van der Waals surface area contributed by atoms with E-state index >= 15 is 0 Å². The van der Waals surface area contributed by atoms with E-state index in [0.29, 0.717) is 0 Å². The van der Waals surface area contributed by atoms with E-state index in [0.717, 1.165) is 0 Å². The van der Waals surface area contributed by atoms with Gasteiger partial charge in [0, 0.05) is 0 Å². The quantitative estimate of drug-likeness (QED) is 0.658. The summed E-state index contributed by atoms with van der Waals surface area (Å²) in [6.07, 6.45) is 0. The lowest BCUT2D eigenvalue weighted by molar-refractivity contribution is -0.385. The summed E-state index contributed by atoms with van der Waals surface area (Å²) < 4.78 is 22.4. The standard InChI is InChI=1S/C10H13FN2O4.ClH/c1-16-9-3-6(7(12)5-11)8(13(14)15)4-10(9)17-2;/h3-4,7H,5,12H2,1-2H3;1H/t7-;/m0./s1. The van der Waals surface area contributed by atoms with Crippen LogP contribution in [0.25, 0.3) is 0 Å². The number of rotatable bonds is 5. The molecule has 0 aromatic heterocycles. The monoisotopic (exact) mass is 280 g/mol. The number of nitrogens with zero attached hydrogens (tertiary/aromatic N) is 1. The lowest BCUT2D eigenvalue weighted by atomic mass is 10.1. The van der Waals surface area contributed by atoms with E-state index in [1.165, 1.54) is 26.4 Å². The van der Waals surface area contributed by atoms with Gasteiger partial charge in [0.1, 0.15) is 6.67 Å². The van der Waals surface area contributed by atoms with Gasteiger partial charge in [0.25, 0.3) is 5.69 Å². The number of nitro groups is 1. The molecule has 0 saturated carbocycles. The van der Waals surface area contributed by atoms with Crippen molar-refractivity contribution in [2.24, 2.45) is 5.73 Å². The molecule has 0 amide bonds. The van der Waals surface area contributed by atoms with Gasteiger partial charge >= 0.3 is 0 Å². The van der Waals surface area contributed by atoms with Crippen LogP contribution in [0.3, 0.4) is 0 Å². The second kappa shape index (κ2) is 6.97. The number of ether oxygens (including phenoxy) is 2. The third-order valence-electron chi connectivity index (χ3n) is 2.30. The molecule has 0 saturated heterocycles. The maximum atomic E-state index is 12.5. The van der Waals surface area contributed by atoms with Crippen LogP contribution in [0.5, 0.6) is 11.5 Å². The van der Waals surface area contributed by atoms with Crippen LogP contribution < -0.4 is 15.2 Å². The zero-order valence-corrected chi connectivity index (χ0v) is 10.7. The minimum Gasteiger partial charge on any atom is -0.493 e. The summed E-state index contributed by atoms with van der Waals surface area (Å²) in [5.41, 5.74) is 5.27. The molecule has 0 heterocycles. The van der Waals surface area contributed by atoms with Crippen molar-refractivity contribution in [3.8, 4) is 11.5 Å². The first-order valence-corrected chi connectivity index (χ1v) is 4.77. The smallest absolute Gasteiger partial charge is 0.278 e. The topological polar surface area (TPSA) is 87.6 Å². The number of hydrogen-bond donors (Lipinski definition) is 1. The highest BCUT2D eigenvalue weighted by atomic mass is 35.5. The molecule has 0 aliphatic carbocycles. The van der Waals surface area contributed by atoms with Crippen LogP contribution in [0.4, 0.5) is 10.1 Å². The lowest BCUT2D eigenvalue weighted by Gasteiger charge is -2.13. The molecule has 0 bridgehead atoms. The normalized spacial score (nSPS) is 11.3. The van der Waals surface area contributed by atoms with Gasteiger partial charge in [-0.05, 0) is 6.07 Å². The van der Waals surface area contributed by atoms with Crippen LogP contribution in [-0.4, -0.2) is 25.8 Å². The van der Waals surface area contributed by atoms with Gasteiger partial charge in [0.05, 0.1) is 36.8 Å². The first-order valence-electron chi connectivity index (χ1n) is 4.77. The number of nitro benzene ring substituents is 1. The Kier molecular flexibility index (Phi) is 6.35. The zero-order valence-electron chi connectivity index (χ0n) is 9.88. The van der Waals surface area contributed by atoms with Crippen LogP contribution in [0.1, 0.15) is 11.6 Å². The fourth-order valence-corrected chi connectivity index (χ4v) is 1.42. The molecule has 1 atom stereocenters. The van der Waals surface area contributed by atoms with Crippen molar-refractivity contribution in [1.29, 1.82) is 0 Å². The number of methoxy groups -OCH3 is 2. The second-order valence-corrected chi connectivity index (χ2v) is 3.28. The Morgan fingerprint density at radius 3 is 2.28 bits per heavy atom. The average molecular weight is 281 g/mol. The van der Waals surface area contributed by atoms with Crippen molar-refractivity contribution >= 4 is 18.1 Å². The van der Waals surface area contributed by atoms with Crippen molar-refractivity contribution < 1.29 is 18.8 Å². The van der Waals surface area contributed by atoms with Crippen molar-refractivity contribution in [2.75, 3.05) is 20.9 Å². The second-order valence-electron chi connectivity index (χ2n) is 3.28. The zero-order chi connectivity index (χ0) is 13.0. The Labute approximate surface area is 109 Å². The molecular formula is C10H14ClFN2O4. The first-order chi connectivity index (χ1) is 8.04. The van der Waals surface area contributed by atoms with Crippen molar-refractivity contribution in [3.63, 3.8) is 0 Å². The third-order valence-corrected chi connectivity index (χ3v) is 2.30. The molecule has 0 aliphatic heterocycles. The van der Waals surface area contributed by atoms with Gasteiger partial charge in [-0.3, -0.25) is 10.1 Å². The summed E-state index contributed by atoms with van der Waals surface area (Å²) in [5.74, 6) is 0.478. The van der Waals surface area contributed by atoms with Gasteiger partial charge in [-0.2, -0.15) is 0 Å². The molecule has 18 heavy (non-hydrogen) atoms. The predicted molar refractivity (Wildman–Crippen MR) is 66.4 cm³/mol. The van der Waals surface area contributed by atoms with Gasteiger partial charge in [-0.15, -0.1) is 12.4 Å². The van der Waals surface area contributed by atoms with E-state index in [1.54, 1.807) is 0 Å². The minimum atomic E-state index is -1.06. The molecule has 0 unspecified atom stereocenters. The van der Waals surface area contributed by atoms with E-state index in [2.05, 4.69) is 0 Å². The van der Waals surface area contributed by atoms with Gasteiger partial charge in [-0.25, -0.2) is 4.39 Å². The number of benzene rings is 1. The van der Waals surface area contributed by atoms with Crippen LogP contribution in [0.15, 0.2) is 12.1 Å². The fraction of sp³-hybridized carbons (Fsp3) is 0.400. The summed E-state index contributed by atoms with van der Waals surface area (Å²) in [6.45, 7) is -0.893. The Balaban J connectivity index is 0.00000289. The van der Waals surface area contributed by atoms with Gasteiger partial charge in [0.2, 0.25) is 0 Å². The summed E-state index contributed by atoms with van der Waals surface area (Å²) in [7, 11) is 2.74. The van der Waals surface area contributed by atoms with Gasteiger partial charge in [-0.1, -0.05) is 0 Å². The summed E-state index contributed by atoms with van der Waals surface area (Å²) in [4.78, 5) is 10.2. The Morgan fingerprint density at radius 2 is 1.89 bits per heavy atom. The van der Waals surface area contributed by atoms with E-state index in [4.69, 9.17) is 15.2 Å². The third kappa shape index (κ3) is 3.21. The molecule has 2 N–H and O–H groups in total. The molecule has 1 rings (SSSR count). The highest BCUT2D eigenvalue weighted by molar-refractivity contribution is 5.85. The minimum absolute atomic E-state index is 0. The Bertz CT molecular complexity index is 431. The maximum absolute atomic E-state index is 12.5. The average Bonchev–Trinajstić information content (AvgIpc) is 2.35. The molecule has 102 valence electrons. The van der Waals surface area contributed by atoms with Crippen molar-refractivity contribution in [3.05, 3.63) is 27.8 Å². The maximum Gasteiger partial charge on any atom is 0.278 e. The molecular weight excluding hydrogens is 267 g/mol. The lowest BCUT2D eigenvalue weighted by Crippen LogP contribution is -2.14. The highest BCUT2D eigenvalue weighted by Gasteiger charge is 2.23. The van der Waals surface area contributed by atoms with E-state index < -0.39 is 17.6 Å². The molecule has 1 aromatic carbocycles. The molecule has 0 radical (unpaired) electrons. The Morgan fingerprint density at radius 1 is 1.39 bits per heavy atom. The van der Waals surface area contributed by atoms with Crippen molar-refractivity contribution in [2.45, 2.75) is 6.04 Å². The van der Waals surface area contributed by atoms with E-state index in [-0.39, 0.29) is 35.2 Å². The SMILES string of the molecule is COc1cc([C@@H](N)CF)c([N+](=O)[O-])cc1OC.Cl. The van der Waals surface area contributed by atoms with E-state index in [9.17, 15) is 14.5 Å². The molecule has 0 fully saturated rings. The molecule has 1 aromatic rings. The number of nitrogens with two attached hydrogens (primary N) is 1. The summed E-state index contributed by atoms with van der Waals surface area (Å²) >= 11 is 0. The summed E-state index contributed by atoms with van der Waals surface area (Å²) in [6, 6.07) is 1.43. The Hall–Kier alpha value is -1.60. The van der Waals surface area contributed by atoms with E-state index in [1.807, 2.05) is 0 Å². The van der Waals surface area contributed by atoms with Gasteiger partial charge < -0.3 is 15.2 Å². The van der Waals surface area contributed by atoms with Crippen LogP contribution >= 0.6 is 12.4 Å². The number of alkyl halides is 1. The van der Waals surface area contributed by atoms with Gasteiger partial charge in [0.15, 0.2) is 11.5 Å². The van der Waals surface area contributed by atoms with Crippen LogP contribution in [-0.2, 0) is 0 Å². The predicted octanol–water partition coefficient (Wildman–Crippen LogP) is 2.00. The number of hydrogen-bond acceptors (Lipinski definition) is 5. The molecule has 8 heteroatoms. The van der Waals surface area contributed by atoms with Crippen molar-refractivity contribution in [1.82, 2.24) is 0 Å². The molecule has 0 spiro atoms. The highest BCUT2D eigenvalue weighted by Crippen LogP contribution is 2.36. The van der Waals surface area contributed by atoms with Crippen LogP contribution in [0.2, 0.25) is 0 Å². The first kappa shape index (κ1) is 16.4. The van der Waals surface area contributed by atoms with Crippen LogP contribution in [0, 0.1) is 10.1 Å². The molecule has 0 aliphatic rings. The fourth-order valence-electron chi connectivity index (χ4n) is 1.42.